The first-order valence-electron chi connectivity index (χ1n) is 4.08. The molecule has 0 saturated carbocycles. The number of carbonyl (C=O) groups is 1. The van der Waals surface area contributed by atoms with Crippen molar-refractivity contribution in [1.29, 1.82) is 0 Å². The van der Waals surface area contributed by atoms with Crippen LogP contribution in [-0.2, 0) is 9.36 Å². The molecule has 0 amide bonds. The van der Waals surface area contributed by atoms with Gasteiger partial charge in [-0.05, 0) is 6.54 Å². The first-order valence-corrected chi connectivity index (χ1v) is 6.38. The van der Waals surface area contributed by atoms with E-state index in [1.165, 1.54) is 6.66 Å². The van der Waals surface area contributed by atoms with Gasteiger partial charge in [0, 0.05) is 19.4 Å². The molecule has 0 aromatic heterocycles. The second-order valence-corrected chi connectivity index (χ2v) is 5.59. The van der Waals surface area contributed by atoms with Gasteiger partial charge in [-0.3, -0.25) is 14.3 Å². The van der Waals surface area contributed by atoms with E-state index in [4.69, 9.17) is 10.00 Å². The van der Waals surface area contributed by atoms with Gasteiger partial charge in [-0.1, -0.05) is 6.92 Å². The molecule has 0 aromatic rings. The third kappa shape index (κ3) is 7.96. The highest BCUT2D eigenvalue weighted by molar-refractivity contribution is 7.57. The van der Waals surface area contributed by atoms with E-state index in [9.17, 15) is 9.36 Å². The predicted octanol–water partition coefficient (Wildman–Crippen LogP) is 0.293. The molecular formula is C7H16NO4P. The van der Waals surface area contributed by atoms with Crippen LogP contribution in [0.2, 0.25) is 0 Å². The molecule has 6 heteroatoms. The van der Waals surface area contributed by atoms with E-state index in [1.54, 1.807) is 4.90 Å². The number of nitrogens with zero attached hydrogens (tertiary/aromatic N) is 1. The summed E-state index contributed by atoms with van der Waals surface area (Å²) in [5, 5.41) is 8.47. The highest BCUT2D eigenvalue weighted by atomic mass is 31.2. The van der Waals surface area contributed by atoms with Crippen molar-refractivity contribution >= 4 is 13.3 Å². The minimum Gasteiger partial charge on any atom is -0.480 e. The van der Waals surface area contributed by atoms with E-state index in [0.717, 1.165) is 0 Å². The molecule has 0 aliphatic carbocycles. The van der Waals surface area contributed by atoms with Crippen molar-refractivity contribution < 1.29 is 19.4 Å². The van der Waals surface area contributed by atoms with Gasteiger partial charge in [0.15, 0.2) is 7.37 Å². The second kappa shape index (κ2) is 5.37. The van der Waals surface area contributed by atoms with Crippen LogP contribution in [0.4, 0.5) is 0 Å². The average Bonchev–Trinajstić information content (AvgIpc) is 1.95. The summed E-state index contributed by atoms with van der Waals surface area (Å²) in [5.74, 6) is -0.911. The van der Waals surface area contributed by atoms with Crippen LogP contribution in [0.5, 0.6) is 0 Å². The quantitative estimate of drug-likeness (QED) is 0.615. The zero-order chi connectivity index (χ0) is 10.5. The Labute approximate surface area is 77.8 Å². The Hall–Kier alpha value is -0.380. The molecular weight excluding hydrogens is 193 g/mol. The molecule has 0 saturated heterocycles. The Balaban J connectivity index is 3.86. The summed E-state index contributed by atoms with van der Waals surface area (Å²) in [5.41, 5.74) is 0. The molecule has 0 aromatic carbocycles. The number of hydrogen-bond donors (Lipinski definition) is 2. The number of rotatable bonds is 6. The Morgan fingerprint density at radius 1 is 1.54 bits per heavy atom. The SMILES string of the molecule is CCN(CCP(C)(=O)O)CC(=O)O. The predicted molar refractivity (Wildman–Crippen MR) is 50.4 cm³/mol. The Morgan fingerprint density at radius 2 is 2.08 bits per heavy atom. The Kier molecular flexibility index (Phi) is 5.21. The van der Waals surface area contributed by atoms with E-state index in [2.05, 4.69) is 0 Å². The van der Waals surface area contributed by atoms with E-state index in [1.807, 2.05) is 6.92 Å². The number of aliphatic carboxylic acids is 1. The molecule has 0 spiro atoms. The standard InChI is InChI=1S/C7H16NO4P/c1-3-8(6-7(9)10)4-5-13(2,11)12/h3-6H2,1-2H3,(H,9,10)(H,11,12). The highest BCUT2D eigenvalue weighted by Gasteiger charge is 2.13. The van der Waals surface area contributed by atoms with E-state index >= 15 is 0 Å². The zero-order valence-corrected chi connectivity index (χ0v) is 8.83. The van der Waals surface area contributed by atoms with Crippen molar-refractivity contribution in [3.8, 4) is 0 Å². The van der Waals surface area contributed by atoms with Crippen LogP contribution < -0.4 is 0 Å². The van der Waals surface area contributed by atoms with Gasteiger partial charge >= 0.3 is 5.97 Å². The molecule has 1 atom stereocenters. The fraction of sp³-hybridized carbons (Fsp3) is 0.857. The van der Waals surface area contributed by atoms with Crippen LogP contribution in [0, 0.1) is 0 Å². The normalized spacial score (nSPS) is 15.7. The second-order valence-electron chi connectivity index (χ2n) is 3.04. The first kappa shape index (κ1) is 12.6. The molecule has 0 fully saturated rings. The van der Waals surface area contributed by atoms with Crippen LogP contribution >= 0.6 is 7.37 Å². The lowest BCUT2D eigenvalue weighted by molar-refractivity contribution is -0.138. The van der Waals surface area contributed by atoms with Gasteiger partial charge in [0.1, 0.15) is 0 Å². The molecule has 0 radical (unpaired) electrons. The fourth-order valence-electron chi connectivity index (χ4n) is 0.867. The Morgan fingerprint density at radius 3 is 2.38 bits per heavy atom. The van der Waals surface area contributed by atoms with Gasteiger partial charge in [-0.15, -0.1) is 0 Å². The van der Waals surface area contributed by atoms with Gasteiger partial charge < -0.3 is 10.00 Å². The zero-order valence-electron chi connectivity index (χ0n) is 7.93. The molecule has 0 bridgehead atoms. The lowest BCUT2D eigenvalue weighted by atomic mass is 10.5. The monoisotopic (exact) mass is 209 g/mol. The summed E-state index contributed by atoms with van der Waals surface area (Å²) in [6, 6.07) is 0. The van der Waals surface area contributed by atoms with Gasteiger partial charge in [0.25, 0.3) is 0 Å². The topological polar surface area (TPSA) is 77.8 Å². The molecule has 1 unspecified atom stereocenters. The minimum atomic E-state index is -3.01. The fourth-order valence-corrected chi connectivity index (χ4v) is 1.52. The highest BCUT2D eigenvalue weighted by Crippen LogP contribution is 2.34. The number of carboxylic acid groups (broad SMARTS) is 1. The molecule has 2 N–H and O–H groups in total. The minimum absolute atomic E-state index is 0.0729. The molecule has 5 nitrogen and oxygen atoms in total. The van der Waals surface area contributed by atoms with Crippen LogP contribution in [0.1, 0.15) is 6.92 Å². The molecule has 0 aliphatic heterocycles. The first-order chi connectivity index (χ1) is 5.85. The van der Waals surface area contributed by atoms with Crippen molar-refractivity contribution in [2.45, 2.75) is 6.92 Å². The summed E-state index contributed by atoms with van der Waals surface area (Å²) in [7, 11) is -3.01. The lowest BCUT2D eigenvalue weighted by Gasteiger charge is -2.18. The summed E-state index contributed by atoms with van der Waals surface area (Å²) in [6.45, 7) is 3.96. The Bertz CT molecular complexity index is 213. The van der Waals surface area contributed by atoms with Crippen LogP contribution in [0.15, 0.2) is 0 Å². The van der Waals surface area contributed by atoms with Crippen molar-refractivity contribution in [2.24, 2.45) is 0 Å². The van der Waals surface area contributed by atoms with Crippen molar-refractivity contribution in [3.63, 3.8) is 0 Å². The third-order valence-electron chi connectivity index (χ3n) is 1.64. The van der Waals surface area contributed by atoms with E-state index < -0.39 is 13.3 Å². The largest absolute Gasteiger partial charge is 0.480 e. The number of carboxylic acids is 1. The maximum absolute atomic E-state index is 10.9. The number of hydrogen-bond acceptors (Lipinski definition) is 3. The molecule has 0 heterocycles. The molecule has 78 valence electrons. The molecule has 13 heavy (non-hydrogen) atoms. The summed E-state index contributed by atoms with van der Waals surface area (Å²) < 4.78 is 10.9. The summed E-state index contributed by atoms with van der Waals surface area (Å²) in [6.07, 6.45) is 0.147. The number of likely N-dealkylation sites (N-methyl/N-ethyl adjacent to an activating group) is 1. The maximum Gasteiger partial charge on any atom is 0.317 e. The van der Waals surface area contributed by atoms with Crippen molar-refractivity contribution in [3.05, 3.63) is 0 Å². The smallest absolute Gasteiger partial charge is 0.317 e. The molecule has 0 rings (SSSR count). The lowest BCUT2D eigenvalue weighted by Crippen LogP contribution is -2.31. The van der Waals surface area contributed by atoms with Crippen molar-refractivity contribution in [2.75, 3.05) is 32.5 Å². The average molecular weight is 209 g/mol. The van der Waals surface area contributed by atoms with Crippen LogP contribution in [0.3, 0.4) is 0 Å². The van der Waals surface area contributed by atoms with Crippen LogP contribution in [0.25, 0.3) is 0 Å². The molecule has 0 aliphatic rings. The van der Waals surface area contributed by atoms with Crippen molar-refractivity contribution in [1.82, 2.24) is 4.90 Å². The van der Waals surface area contributed by atoms with Gasteiger partial charge in [0.05, 0.1) is 6.54 Å². The summed E-state index contributed by atoms with van der Waals surface area (Å²) >= 11 is 0. The van der Waals surface area contributed by atoms with Gasteiger partial charge in [-0.2, -0.15) is 0 Å². The van der Waals surface area contributed by atoms with E-state index in [0.29, 0.717) is 13.1 Å². The van der Waals surface area contributed by atoms with E-state index in [-0.39, 0.29) is 12.7 Å². The van der Waals surface area contributed by atoms with Gasteiger partial charge in [0.2, 0.25) is 0 Å². The third-order valence-corrected chi connectivity index (χ3v) is 2.67. The maximum atomic E-state index is 10.9. The van der Waals surface area contributed by atoms with Gasteiger partial charge in [-0.25, -0.2) is 0 Å². The van der Waals surface area contributed by atoms with Crippen LogP contribution in [-0.4, -0.2) is 53.3 Å². The summed E-state index contributed by atoms with van der Waals surface area (Å²) in [4.78, 5) is 20.9.